The number of aryl methyl sites for hydroxylation is 1. The Morgan fingerprint density at radius 2 is 2.05 bits per heavy atom. The van der Waals surface area contributed by atoms with E-state index in [0.29, 0.717) is 11.6 Å². The van der Waals surface area contributed by atoms with E-state index >= 15 is 0 Å². The molecule has 112 valence electrons. The second kappa shape index (κ2) is 7.18. The van der Waals surface area contributed by atoms with Crippen molar-refractivity contribution < 1.29 is 14.7 Å². The Morgan fingerprint density at radius 3 is 2.65 bits per heavy atom. The van der Waals surface area contributed by atoms with Crippen LogP contribution in [0.15, 0.2) is 0 Å². The number of nitrogens with one attached hydrogen (secondary N) is 2. The van der Waals surface area contributed by atoms with Crippen LogP contribution in [0.3, 0.4) is 0 Å². The third kappa shape index (κ3) is 5.96. The summed E-state index contributed by atoms with van der Waals surface area (Å²) in [6, 6.07) is -0.403. The lowest BCUT2D eigenvalue weighted by molar-refractivity contribution is -0.137. The average molecular weight is 300 g/mol. The molecule has 0 fully saturated rings. The van der Waals surface area contributed by atoms with Crippen molar-refractivity contribution in [2.45, 2.75) is 52.0 Å². The van der Waals surface area contributed by atoms with Gasteiger partial charge in [-0.15, -0.1) is 10.2 Å². The highest BCUT2D eigenvalue weighted by atomic mass is 32.1. The molecule has 0 aliphatic heterocycles. The molecule has 0 aliphatic carbocycles. The number of hydrogen-bond acceptors (Lipinski definition) is 5. The molecule has 1 aromatic rings. The van der Waals surface area contributed by atoms with E-state index in [9.17, 15) is 9.59 Å². The minimum absolute atomic E-state index is 0.00668. The number of hydrogen-bond donors (Lipinski definition) is 3. The zero-order valence-electron chi connectivity index (χ0n) is 11.9. The summed E-state index contributed by atoms with van der Waals surface area (Å²) < 4.78 is 0. The molecule has 2 amide bonds. The van der Waals surface area contributed by atoms with E-state index in [-0.39, 0.29) is 6.42 Å². The zero-order valence-corrected chi connectivity index (χ0v) is 12.7. The van der Waals surface area contributed by atoms with E-state index in [4.69, 9.17) is 5.11 Å². The number of rotatable bonds is 7. The highest BCUT2D eigenvalue weighted by Crippen LogP contribution is 2.17. The summed E-state index contributed by atoms with van der Waals surface area (Å²) in [5, 5.41) is 23.2. The summed E-state index contributed by atoms with van der Waals surface area (Å²) in [7, 11) is 0. The molecule has 0 aliphatic rings. The number of urea groups is 1. The fourth-order valence-electron chi connectivity index (χ4n) is 1.54. The normalized spacial score (nSPS) is 11.2. The Morgan fingerprint density at radius 1 is 1.35 bits per heavy atom. The van der Waals surface area contributed by atoms with Crippen LogP contribution in [0.25, 0.3) is 0 Å². The molecule has 0 radical (unpaired) electrons. The monoisotopic (exact) mass is 300 g/mol. The number of anilines is 1. The van der Waals surface area contributed by atoms with Crippen molar-refractivity contribution in [3.8, 4) is 0 Å². The van der Waals surface area contributed by atoms with Gasteiger partial charge in [0.2, 0.25) is 5.13 Å². The topological polar surface area (TPSA) is 104 Å². The summed E-state index contributed by atoms with van der Waals surface area (Å²) in [4.78, 5) is 22.4. The smallest absolute Gasteiger partial charge is 0.321 e. The van der Waals surface area contributed by atoms with Crippen LogP contribution >= 0.6 is 11.3 Å². The van der Waals surface area contributed by atoms with Crippen LogP contribution in [0.5, 0.6) is 0 Å². The summed E-state index contributed by atoms with van der Waals surface area (Å²) in [5.74, 6) is -0.881. The van der Waals surface area contributed by atoms with Crippen LogP contribution in [0.4, 0.5) is 9.93 Å². The number of carboxylic acids is 1. The van der Waals surface area contributed by atoms with Crippen molar-refractivity contribution in [3.05, 3.63) is 5.01 Å². The molecule has 0 atom stereocenters. The van der Waals surface area contributed by atoms with Gasteiger partial charge < -0.3 is 10.4 Å². The molecular formula is C12H20N4O3S. The third-order valence-electron chi connectivity index (χ3n) is 2.57. The minimum Gasteiger partial charge on any atom is -0.481 e. The van der Waals surface area contributed by atoms with Gasteiger partial charge in [0.15, 0.2) is 0 Å². The quantitative estimate of drug-likeness (QED) is 0.716. The molecule has 1 rings (SSSR count). The van der Waals surface area contributed by atoms with E-state index in [1.165, 1.54) is 11.3 Å². The Labute approximate surface area is 121 Å². The van der Waals surface area contributed by atoms with Gasteiger partial charge in [0.25, 0.3) is 0 Å². The van der Waals surface area contributed by atoms with E-state index in [1.54, 1.807) is 13.8 Å². The highest BCUT2D eigenvalue weighted by molar-refractivity contribution is 7.15. The van der Waals surface area contributed by atoms with Crippen LogP contribution in [-0.4, -0.2) is 32.8 Å². The molecule has 3 N–H and O–H groups in total. The van der Waals surface area contributed by atoms with E-state index < -0.39 is 17.5 Å². The first-order valence-corrected chi connectivity index (χ1v) is 7.27. The number of aromatic nitrogens is 2. The van der Waals surface area contributed by atoms with Gasteiger partial charge in [-0.3, -0.25) is 10.1 Å². The summed E-state index contributed by atoms with van der Waals surface area (Å²) in [6.45, 7) is 5.60. The van der Waals surface area contributed by atoms with Crippen molar-refractivity contribution in [1.29, 1.82) is 0 Å². The number of amides is 2. The Hall–Kier alpha value is -1.70. The molecule has 20 heavy (non-hydrogen) atoms. The lowest BCUT2D eigenvalue weighted by Crippen LogP contribution is -2.45. The first kappa shape index (κ1) is 16.4. The maximum absolute atomic E-state index is 11.8. The van der Waals surface area contributed by atoms with Crippen molar-refractivity contribution in [2.75, 3.05) is 5.32 Å². The predicted octanol–water partition coefficient (Wildman–Crippen LogP) is 2.26. The van der Waals surface area contributed by atoms with Crippen LogP contribution < -0.4 is 10.6 Å². The van der Waals surface area contributed by atoms with Gasteiger partial charge in [0.1, 0.15) is 5.01 Å². The van der Waals surface area contributed by atoms with Gasteiger partial charge in [0.05, 0.1) is 0 Å². The van der Waals surface area contributed by atoms with Gasteiger partial charge in [0, 0.05) is 18.4 Å². The molecule has 8 heteroatoms. The number of aliphatic carboxylic acids is 1. The average Bonchev–Trinajstić information content (AvgIpc) is 2.74. The van der Waals surface area contributed by atoms with Crippen molar-refractivity contribution in [1.82, 2.24) is 15.5 Å². The second-order valence-electron chi connectivity index (χ2n) is 5.11. The van der Waals surface area contributed by atoms with Gasteiger partial charge in [-0.1, -0.05) is 18.3 Å². The Kier molecular flexibility index (Phi) is 5.87. The molecule has 0 aromatic carbocycles. The Balaban J connectivity index is 2.47. The molecule has 1 aromatic heterocycles. The van der Waals surface area contributed by atoms with Crippen molar-refractivity contribution in [2.24, 2.45) is 0 Å². The lowest BCUT2D eigenvalue weighted by atomic mass is 9.99. The largest absolute Gasteiger partial charge is 0.481 e. The fourth-order valence-corrected chi connectivity index (χ4v) is 2.37. The predicted molar refractivity (Wildman–Crippen MR) is 77.0 cm³/mol. The molecular weight excluding hydrogens is 280 g/mol. The van der Waals surface area contributed by atoms with Crippen LogP contribution in [0, 0.1) is 0 Å². The lowest BCUT2D eigenvalue weighted by Gasteiger charge is -2.25. The standard InChI is InChI=1S/C12H20N4O3S/c1-4-5-8-15-16-11(20-8)13-10(19)14-12(2,3)7-6-9(17)18/h4-7H2,1-3H3,(H,17,18)(H2,13,14,16,19). The second-order valence-corrected chi connectivity index (χ2v) is 6.17. The summed E-state index contributed by atoms with van der Waals surface area (Å²) >= 11 is 1.34. The maximum atomic E-state index is 11.8. The minimum atomic E-state index is -0.881. The SMILES string of the molecule is CCCc1nnc(NC(=O)NC(C)(C)CCC(=O)O)s1. The first-order valence-electron chi connectivity index (χ1n) is 6.46. The van der Waals surface area contributed by atoms with E-state index in [1.807, 2.05) is 6.92 Å². The zero-order chi connectivity index (χ0) is 15.2. The number of carbonyl (C=O) groups is 2. The number of carbonyl (C=O) groups excluding carboxylic acids is 1. The molecule has 0 saturated heterocycles. The van der Waals surface area contributed by atoms with Gasteiger partial charge >= 0.3 is 12.0 Å². The van der Waals surface area contributed by atoms with E-state index in [0.717, 1.165) is 17.8 Å². The van der Waals surface area contributed by atoms with Crippen LogP contribution in [-0.2, 0) is 11.2 Å². The Bertz CT molecular complexity index is 473. The number of nitrogens with zero attached hydrogens (tertiary/aromatic N) is 2. The van der Waals surface area contributed by atoms with Crippen molar-refractivity contribution in [3.63, 3.8) is 0 Å². The summed E-state index contributed by atoms with van der Waals surface area (Å²) in [5.41, 5.74) is -0.598. The van der Waals surface area contributed by atoms with E-state index in [2.05, 4.69) is 20.8 Å². The summed E-state index contributed by atoms with van der Waals surface area (Å²) in [6.07, 6.45) is 2.17. The fraction of sp³-hybridized carbons (Fsp3) is 0.667. The van der Waals surface area contributed by atoms with Crippen LogP contribution in [0.2, 0.25) is 0 Å². The molecule has 0 unspecified atom stereocenters. The molecule has 7 nitrogen and oxygen atoms in total. The highest BCUT2D eigenvalue weighted by Gasteiger charge is 2.22. The number of carboxylic acid groups (broad SMARTS) is 1. The molecule has 0 bridgehead atoms. The van der Waals surface area contributed by atoms with Crippen LogP contribution in [0.1, 0.15) is 45.0 Å². The first-order chi connectivity index (χ1) is 9.32. The van der Waals surface area contributed by atoms with Gasteiger partial charge in [-0.05, 0) is 26.7 Å². The van der Waals surface area contributed by atoms with Gasteiger partial charge in [-0.25, -0.2) is 4.79 Å². The molecule has 1 heterocycles. The maximum Gasteiger partial charge on any atom is 0.321 e. The van der Waals surface area contributed by atoms with Gasteiger partial charge in [-0.2, -0.15) is 0 Å². The van der Waals surface area contributed by atoms with Crippen molar-refractivity contribution >= 4 is 28.5 Å². The third-order valence-corrected chi connectivity index (χ3v) is 3.47. The molecule has 0 spiro atoms. The molecule has 0 saturated carbocycles.